The van der Waals surface area contributed by atoms with Crippen molar-refractivity contribution in [2.24, 2.45) is 0 Å². The number of benzene rings is 1. The second-order valence-corrected chi connectivity index (χ2v) is 6.22. The highest BCUT2D eigenvalue weighted by Gasteiger charge is 2.16. The van der Waals surface area contributed by atoms with E-state index >= 15 is 0 Å². The van der Waals surface area contributed by atoms with Gasteiger partial charge < -0.3 is 4.74 Å². The van der Waals surface area contributed by atoms with Gasteiger partial charge in [0.1, 0.15) is 5.75 Å². The molecule has 0 aliphatic heterocycles. The van der Waals surface area contributed by atoms with E-state index in [2.05, 4.69) is 30.9 Å². The largest absolute Gasteiger partial charge is 0.421 e. The van der Waals surface area contributed by atoms with E-state index in [4.69, 9.17) is 16.3 Å². The fourth-order valence-corrected chi connectivity index (χ4v) is 3.09. The Morgan fingerprint density at radius 1 is 1.27 bits per heavy atom. The molecule has 2 aromatic heterocycles. The molecule has 0 bridgehead atoms. The molecule has 0 saturated carbocycles. The van der Waals surface area contributed by atoms with E-state index in [0.717, 1.165) is 0 Å². The molecular formula is C14H7BrClN3O2S. The number of carbonyl (C=O) groups excluding carboxylic acids is 1. The van der Waals surface area contributed by atoms with Gasteiger partial charge in [0.15, 0.2) is 16.5 Å². The molecule has 8 heteroatoms. The van der Waals surface area contributed by atoms with Crippen molar-refractivity contribution in [3.05, 3.63) is 57.2 Å². The van der Waals surface area contributed by atoms with Crippen LogP contribution in [0.3, 0.4) is 0 Å². The van der Waals surface area contributed by atoms with Gasteiger partial charge in [0.05, 0.1) is 4.47 Å². The average Bonchev–Trinajstić information content (AvgIpc) is 3.01. The molecule has 0 fully saturated rings. The molecule has 0 aliphatic carbocycles. The Morgan fingerprint density at radius 3 is 2.77 bits per heavy atom. The smallest absolute Gasteiger partial charge is 0.363 e. The Morgan fingerprint density at radius 2 is 2.05 bits per heavy atom. The maximum atomic E-state index is 12.1. The third-order valence-electron chi connectivity index (χ3n) is 2.57. The summed E-state index contributed by atoms with van der Waals surface area (Å²) in [5.41, 5.74) is 0.203. The van der Waals surface area contributed by atoms with Crippen LogP contribution in [0.25, 0.3) is 10.8 Å². The van der Waals surface area contributed by atoms with Crippen LogP contribution in [0.15, 0.2) is 46.5 Å². The van der Waals surface area contributed by atoms with Crippen LogP contribution in [0.2, 0.25) is 5.02 Å². The van der Waals surface area contributed by atoms with Gasteiger partial charge in [-0.1, -0.05) is 11.6 Å². The predicted molar refractivity (Wildman–Crippen MR) is 87.3 cm³/mol. The lowest BCUT2D eigenvalue weighted by atomic mass is 10.3. The maximum Gasteiger partial charge on any atom is 0.363 e. The summed E-state index contributed by atoms with van der Waals surface area (Å²) in [5.74, 6) is 0.292. The zero-order chi connectivity index (χ0) is 15.5. The highest BCUT2D eigenvalue weighted by molar-refractivity contribution is 9.10. The third kappa shape index (κ3) is 3.32. The van der Waals surface area contributed by atoms with Gasteiger partial charge in [-0.05, 0) is 40.2 Å². The van der Waals surface area contributed by atoms with Crippen LogP contribution in [0.1, 0.15) is 10.5 Å². The Hall–Kier alpha value is -1.83. The quantitative estimate of drug-likeness (QED) is 0.489. The predicted octanol–water partition coefficient (Wildman–Crippen LogP) is 4.24. The van der Waals surface area contributed by atoms with E-state index in [9.17, 15) is 4.79 Å². The van der Waals surface area contributed by atoms with E-state index in [1.165, 1.54) is 11.3 Å². The molecule has 0 atom stereocenters. The van der Waals surface area contributed by atoms with Gasteiger partial charge in [0, 0.05) is 22.8 Å². The first-order chi connectivity index (χ1) is 10.6. The number of nitrogens with zero attached hydrogens (tertiary/aromatic N) is 3. The molecule has 0 spiro atoms. The standard InChI is InChI=1S/C14H7BrClN3O2S/c15-9-6-8(16)2-3-11(9)21-14(20)10-7-22-13(19-10)12-17-4-1-5-18-12/h1-7H. The first-order valence-corrected chi connectivity index (χ1v) is 8.08. The van der Waals surface area contributed by atoms with Crippen LogP contribution in [-0.2, 0) is 0 Å². The van der Waals surface area contributed by atoms with Crippen molar-refractivity contribution in [1.82, 2.24) is 15.0 Å². The molecule has 0 saturated heterocycles. The van der Waals surface area contributed by atoms with Gasteiger partial charge in [0.25, 0.3) is 0 Å². The summed E-state index contributed by atoms with van der Waals surface area (Å²) in [4.78, 5) is 24.5. The summed E-state index contributed by atoms with van der Waals surface area (Å²) in [5, 5.41) is 2.71. The van der Waals surface area contributed by atoms with Gasteiger partial charge in [-0.25, -0.2) is 19.7 Å². The number of thiazole rings is 1. The maximum absolute atomic E-state index is 12.1. The van der Waals surface area contributed by atoms with Crippen molar-refractivity contribution in [3.63, 3.8) is 0 Å². The van der Waals surface area contributed by atoms with Crippen molar-refractivity contribution in [1.29, 1.82) is 0 Å². The SMILES string of the molecule is O=C(Oc1ccc(Cl)cc1Br)c1csc(-c2ncccn2)n1. The molecule has 2 heterocycles. The molecular weight excluding hydrogens is 390 g/mol. The van der Waals surface area contributed by atoms with Gasteiger partial charge in [-0.3, -0.25) is 0 Å². The van der Waals surface area contributed by atoms with E-state index < -0.39 is 5.97 Å². The van der Waals surface area contributed by atoms with Crippen LogP contribution >= 0.6 is 38.9 Å². The topological polar surface area (TPSA) is 65.0 Å². The Kier molecular flexibility index (Phi) is 4.47. The number of hydrogen-bond donors (Lipinski definition) is 0. The first-order valence-electron chi connectivity index (χ1n) is 6.03. The second kappa shape index (κ2) is 6.51. The molecule has 0 unspecified atom stereocenters. The third-order valence-corrected chi connectivity index (χ3v) is 4.26. The highest BCUT2D eigenvalue weighted by atomic mass is 79.9. The minimum absolute atomic E-state index is 0.203. The van der Waals surface area contributed by atoms with Gasteiger partial charge >= 0.3 is 5.97 Å². The lowest BCUT2D eigenvalue weighted by Crippen LogP contribution is -2.09. The molecule has 5 nitrogen and oxygen atoms in total. The molecule has 0 radical (unpaired) electrons. The van der Waals surface area contributed by atoms with Crippen LogP contribution in [0, 0.1) is 0 Å². The number of aromatic nitrogens is 3. The second-order valence-electron chi connectivity index (χ2n) is 4.07. The monoisotopic (exact) mass is 395 g/mol. The summed E-state index contributed by atoms with van der Waals surface area (Å²) in [6, 6.07) is 6.61. The summed E-state index contributed by atoms with van der Waals surface area (Å²) >= 11 is 10.4. The van der Waals surface area contributed by atoms with Crippen LogP contribution in [0.4, 0.5) is 0 Å². The molecule has 0 amide bonds. The first kappa shape index (κ1) is 15.1. The summed E-state index contributed by atoms with van der Waals surface area (Å²) in [7, 11) is 0. The van der Waals surface area contributed by atoms with Crippen molar-refractivity contribution in [2.45, 2.75) is 0 Å². The lowest BCUT2D eigenvalue weighted by molar-refractivity contribution is 0.0728. The number of halogens is 2. The number of carbonyl (C=O) groups is 1. The van der Waals surface area contributed by atoms with Crippen molar-refractivity contribution in [3.8, 4) is 16.6 Å². The number of rotatable bonds is 3. The molecule has 22 heavy (non-hydrogen) atoms. The van der Waals surface area contributed by atoms with Crippen molar-refractivity contribution in [2.75, 3.05) is 0 Å². The van der Waals surface area contributed by atoms with Crippen molar-refractivity contribution < 1.29 is 9.53 Å². The highest BCUT2D eigenvalue weighted by Crippen LogP contribution is 2.29. The molecule has 1 aromatic carbocycles. The molecule has 3 aromatic rings. The van der Waals surface area contributed by atoms with E-state index in [-0.39, 0.29) is 5.69 Å². The van der Waals surface area contributed by atoms with Gasteiger partial charge in [0.2, 0.25) is 0 Å². The zero-order valence-corrected chi connectivity index (χ0v) is 14.0. The minimum atomic E-state index is -0.554. The average molecular weight is 397 g/mol. The molecule has 110 valence electrons. The van der Waals surface area contributed by atoms with E-state index in [1.807, 2.05) is 0 Å². The van der Waals surface area contributed by atoms with Crippen LogP contribution < -0.4 is 4.74 Å². The molecule has 0 N–H and O–H groups in total. The number of hydrogen-bond acceptors (Lipinski definition) is 6. The van der Waals surface area contributed by atoms with E-state index in [1.54, 1.807) is 42.0 Å². The lowest BCUT2D eigenvalue weighted by Gasteiger charge is -2.04. The van der Waals surface area contributed by atoms with Gasteiger partial charge in [-0.2, -0.15) is 0 Å². The summed E-state index contributed by atoms with van der Waals surface area (Å²) < 4.78 is 5.89. The Bertz CT molecular complexity index is 826. The number of ether oxygens (including phenoxy) is 1. The zero-order valence-electron chi connectivity index (χ0n) is 10.9. The summed E-state index contributed by atoms with van der Waals surface area (Å²) in [6.45, 7) is 0. The number of esters is 1. The Balaban J connectivity index is 1.80. The molecule has 0 aliphatic rings. The van der Waals surface area contributed by atoms with Crippen molar-refractivity contribution >= 4 is 44.8 Å². The fourth-order valence-electron chi connectivity index (χ4n) is 1.59. The van der Waals surface area contributed by atoms with E-state index in [0.29, 0.717) is 26.1 Å². The van der Waals surface area contributed by atoms with Crippen LogP contribution in [0.5, 0.6) is 5.75 Å². The van der Waals surface area contributed by atoms with Crippen LogP contribution in [-0.4, -0.2) is 20.9 Å². The minimum Gasteiger partial charge on any atom is -0.421 e. The molecule has 3 rings (SSSR count). The normalized spacial score (nSPS) is 10.5. The fraction of sp³-hybridized carbons (Fsp3) is 0. The van der Waals surface area contributed by atoms with Gasteiger partial charge in [-0.15, -0.1) is 11.3 Å². The summed E-state index contributed by atoms with van der Waals surface area (Å²) in [6.07, 6.45) is 3.24. The Labute approximate surface area is 143 Å².